The average molecular weight is 339 g/mol. The SMILES string of the molecule is CC(C)(C)c1ccc(OCCCC(=O)N2CCc3cncnc32)cc1. The van der Waals surface area contributed by atoms with Crippen LogP contribution in [0.4, 0.5) is 5.82 Å². The van der Waals surface area contributed by atoms with Crippen LogP contribution in [0.15, 0.2) is 36.8 Å². The van der Waals surface area contributed by atoms with Gasteiger partial charge in [0.15, 0.2) is 0 Å². The Labute approximate surface area is 149 Å². The fourth-order valence-corrected chi connectivity index (χ4v) is 2.95. The lowest BCUT2D eigenvalue weighted by Gasteiger charge is -2.19. The summed E-state index contributed by atoms with van der Waals surface area (Å²) in [6.07, 6.45) is 5.27. The van der Waals surface area contributed by atoms with Crippen molar-refractivity contribution < 1.29 is 9.53 Å². The van der Waals surface area contributed by atoms with E-state index in [1.54, 1.807) is 11.1 Å². The van der Waals surface area contributed by atoms with E-state index in [1.165, 1.54) is 11.9 Å². The second kappa shape index (κ2) is 7.21. The topological polar surface area (TPSA) is 55.3 Å². The smallest absolute Gasteiger partial charge is 0.228 e. The number of nitrogens with zero attached hydrogens (tertiary/aromatic N) is 3. The molecule has 0 unspecified atom stereocenters. The lowest BCUT2D eigenvalue weighted by Crippen LogP contribution is -2.29. The molecule has 2 aromatic rings. The van der Waals surface area contributed by atoms with Crippen LogP contribution in [0.25, 0.3) is 0 Å². The van der Waals surface area contributed by atoms with Gasteiger partial charge in [-0.25, -0.2) is 9.97 Å². The third-order valence-corrected chi connectivity index (χ3v) is 4.45. The summed E-state index contributed by atoms with van der Waals surface area (Å²) in [5.41, 5.74) is 2.47. The fraction of sp³-hybridized carbons (Fsp3) is 0.450. The van der Waals surface area contributed by atoms with Crippen molar-refractivity contribution >= 4 is 11.7 Å². The first kappa shape index (κ1) is 17.4. The predicted octanol–water partition coefficient (Wildman–Crippen LogP) is 3.52. The molecule has 3 rings (SSSR count). The highest BCUT2D eigenvalue weighted by atomic mass is 16.5. The van der Waals surface area contributed by atoms with Crippen LogP contribution < -0.4 is 9.64 Å². The molecule has 1 aromatic carbocycles. The number of anilines is 1. The van der Waals surface area contributed by atoms with E-state index in [0.29, 0.717) is 26.0 Å². The molecular formula is C20H25N3O2. The third-order valence-electron chi connectivity index (χ3n) is 4.45. The van der Waals surface area contributed by atoms with Crippen molar-refractivity contribution in [1.82, 2.24) is 9.97 Å². The Hall–Kier alpha value is -2.43. The Balaban J connectivity index is 1.45. The largest absolute Gasteiger partial charge is 0.494 e. The number of amides is 1. The van der Waals surface area contributed by atoms with Gasteiger partial charge >= 0.3 is 0 Å². The van der Waals surface area contributed by atoms with Crippen molar-refractivity contribution in [2.75, 3.05) is 18.1 Å². The highest BCUT2D eigenvalue weighted by Crippen LogP contribution is 2.26. The van der Waals surface area contributed by atoms with E-state index >= 15 is 0 Å². The lowest BCUT2D eigenvalue weighted by molar-refractivity contribution is -0.118. The van der Waals surface area contributed by atoms with E-state index in [0.717, 1.165) is 23.6 Å². The molecule has 0 atom stereocenters. The highest BCUT2D eigenvalue weighted by molar-refractivity contribution is 5.94. The Bertz CT molecular complexity index is 735. The number of hydrogen-bond donors (Lipinski definition) is 0. The van der Waals surface area contributed by atoms with Crippen LogP contribution in [0.3, 0.4) is 0 Å². The number of carbonyl (C=O) groups is 1. The van der Waals surface area contributed by atoms with Crippen LogP contribution in [0.1, 0.15) is 44.7 Å². The Morgan fingerprint density at radius 1 is 1.24 bits per heavy atom. The molecule has 0 spiro atoms. The number of benzene rings is 1. The van der Waals surface area contributed by atoms with Crippen LogP contribution in [-0.4, -0.2) is 29.0 Å². The maximum atomic E-state index is 12.4. The zero-order valence-corrected chi connectivity index (χ0v) is 15.2. The molecule has 0 fully saturated rings. The first-order chi connectivity index (χ1) is 11.9. The molecular weight excluding hydrogens is 314 g/mol. The molecule has 0 saturated heterocycles. The molecule has 1 aliphatic rings. The number of fused-ring (bicyclic) bond motifs is 1. The molecule has 1 aromatic heterocycles. The second-order valence-electron chi connectivity index (χ2n) is 7.39. The summed E-state index contributed by atoms with van der Waals surface area (Å²) in [4.78, 5) is 22.4. The van der Waals surface area contributed by atoms with Gasteiger partial charge in [0.25, 0.3) is 0 Å². The maximum absolute atomic E-state index is 12.4. The van der Waals surface area contributed by atoms with Crippen molar-refractivity contribution in [3.05, 3.63) is 47.9 Å². The predicted molar refractivity (Wildman–Crippen MR) is 98.0 cm³/mol. The van der Waals surface area contributed by atoms with Crippen LogP contribution >= 0.6 is 0 Å². The zero-order chi connectivity index (χ0) is 17.9. The third kappa shape index (κ3) is 4.16. The Morgan fingerprint density at radius 3 is 2.72 bits per heavy atom. The van der Waals surface area contributed by atoms with Gasteiger partial charge in [-0.2, -0.15) is 0 Å². The van der Waals surface area contributed by atoms with Crippen molar-refractivity contribution in [2.45, 2.75) is 45.4 Å². The van der Waals surface area contributed by atoms with Crippen LogP contribution in [0, 0.1) is 0 Å². The molecule has 0 aliphatic carbocycles. The van der Waals surface area contributed by atoms with E-state index in [-0.39, 0.29) is 11.3 Å². The fourth-order valence-electron chi connectivity index (χ4n) is 2.95. The zero-order valence-electron chi connectivity index (χ0n) is 15.2. The summed E-state index contributed by atoms with van der Waals surface area (Å²) in [6, 6.07) is 8.19. The molecule has 2 heterocycles. The number of ether oxygens (including phenoxy) is 1. The normalized spacial score (nSPS) is 13.6. The summed E-state index contributed by atoms with van der Waals surface area (Å²) in [6.45, 7) is 7.80. The number of hydrogen-bond acceptors (Lipinski definition) is 4. The van der Waals surface area contributed by atoms with Crippen molar-refractivity contribution in [1.29, 1.82) is 0 Å². The highest BCUT2D eigenvalue weighted by Gasteiger charge is 2.25. The Morgan fingerprint density at radius 2 is 2.00 bits per heavy atom. The summed E-state index contributed by atoms with van der Waals surface area (Å²) in [5, 5.41) is 0. The summed E-state index contributed by atoms with van der Waals surface area (Å²) < 4.78 is 5.76. The van der Waals surface area contributed by atoms with Gasteiger partial charge in [-0.3, -0.25) is 9.69 Å². The molecule has 0 saturated carbocycles. The average Bonchev–Trinajstić information content (AvgIpc) is 3.02. The van der Waals surface area contributed by atoms with Gasteiger partial charge in [-0.1, -0.05) is 32.9 Å². The molecule has 0 N–H and O–H groups in total. The molecule has 132 valence electrons. The van der Waals surface area contributed by atoms with Crippen LogP contribution in [0.2, 0.25) is 0 Å². The number of aromatic nitrogens is 2. The number of rotatable bonds is 5. The standard InChI is InChI=1S/C20H25N3O2/c1-20(2,3)16-6-8-17(9-7-16)25-12-4-5-18(24)23-11-10-15-13-21-14-22-19(15)23/h6-9,13-14H,4-5,10-12H2,1-3H3. The maximum Gasteiger partial charge on any atom is 0.228 e. The monoisotopic (exact) mass is 339 g/mol. The van der Waals surface area contributed by atoms with Gasteiger partial charge in [0, 0.05) is 24.7 Å². The van der Waals surface area contributed by atoms with E-state index in [4.69, 9.17) is 4.74 Å². The van der Waals surface area contributed by atoms with Gasteiger partial charge in [0.2, 0.25) is 5.91 Å². The van der Waals surface area contributed by atoms with Gasteiger partial charge in [-0.05, 0) is 36.0 Å². The molecule has 5 nitrogen and oxygen atoms in total. The van der Waals surface area contributed by atoms with E-state index < -0.39 is 0 Å². The van der Waals surface area contributed by atoms with Gasteiger partial charge in [0.05, 0.1) is 6.61 Å². The first-order valence-electron chi connectivity index (χ1n) is 8.78. The second-order valence-corrected chi connectivity index (χ2v) is 7.39. The molecule has 25 heavy (non-hydrogen) atoms. The minimum absolute atomic E-state index is 0.101. The first-order valence-corrected chi connectivity index (χ1v) is 8.78. The lowest BCUT2D eigenvalue weighted by atomic mass is 9.87. The van der Waals surface area contributed by atoms with Gasteiger partial charge in [-0.15, -0.1) is 0 Å². The van der Waals surface area contributed by atoms with Crippen molar-refractivity contribution in [2.24, 2.45) is 0 Å². The number of carbonyl (C=O) groups excluding carboxylic acids is 1. The van der Waals surface area contributed by atoms with Crippen LogP contribution in [-0.2, 0) is 16.6 Å². The summed E-state index contributed by atoms with van der Waals surface area (Å²) in [5.74, 6) is 1.71. The Kier molecular flexibility index (Phi) is 5.02. The van der Waals surface area contributed by atoms with Gasteiger partial charge in [0.1, 0.15) is 17.9 Å². The minimum Gasteiger partial charge on any atom is -0.494 e. The summed E-state index contributed by atoms with van der Waals surface area (Å²) >= 11 is 0. The quantitative estimate of drug-likeness (QED) is 0.782. The molecule has 0 radical (unpaired) electrons. The van der Waals surface area contributed by atoms with E-state index in [9.17, 15) is 4.79 Å². The minimum atomic E-state index is 0.101. The van der Waals surface area contributed by atoms with E-state index in [1.807, 2.05) is 12.1 Å². The molecule has 5 heteroatoms. The van der Waals surface area contributed by atoms with E-state index in [2.05, 4.69) is 42.9 Å². The van der Waals surface area contributed by atoms with Crippen molar-refractivity contribution in [3.8, 4) is 5.75 Å². The summed E-state index contributed by atoms with van der Waals surface area (Å²) in [7, 11) is 0. The van der Waals surface area contributed by atoms with Crippen LogP contribution in [0.5, 0.6) is 5.75 Å². The van der Waals surface area contributed by atoms with Crippen molar-refractivity contribution in [3.63, 3.8) is 0 Å². The molecule has 1 amide bonds. The molecule has 0 bridgehead atoms. The molecule has 1 aliphatic heterocycles. The van der Waals surface area contributed by atoms with Gasteiger partial charge < -0.3 is 4.74 Å².